The number of aliphatic hydroxyl groups excluding tert-OH is 1. The number of nitrogens with one attached hydrogen (secondary N) is 1. The first-order valence-corrected chi connectivity index (χ1v) is 9.75. The summed E-state index contributed by atoms with van der Waals surface area (Å²) in [6.45, 7) is 4.82. The van der Waals surface area contributed by atoms with Crippen LogP contribution in [0.5, 0.6) is 0 Å². The lowest BCUT2D eigenvalue weighted by Crippen LogP contribution is -2.45. The zero-order chi connectivity index (χ0) is 17.8. The molecule has 0 radical (unpaired) electrons. The van der Waals surface area contributed by atoms with Crippen molar-refractivity contribution in [1.82, 2.24) is 14.8 Å². The quantitative estimate of drug-likeness (QED) is 0.832. The van der Waals surface area contributed by atoms with Crippen molar-refractivity contribution in [1.29, 1.82) is 0 Å². The molecule has 3 heterocycles. The van der Waals surface area contributed by atoms with Gasteiger partial charge in [0.05, 0.1) is 5.56 Å². The summed E-state index contributed by atoms with van der Waals surface area (Å²) in [7, 11) is 2.11. The van der Waals surface area contributed by atoms with Gasteiger partial charge in [0.2, 0.25) is 0 Å². The number of piperidine rings is 1. The fourth-order valence-electron chi connectivity index (χ4n) is 3.51. The number of rotatable bonds is 6. The molecule has 0 unspecified atom stereocenters. The highest BCUT2D eigenvalue weighted by Gasteiger charge is 2.27. The van der Waals surface area contributed by atoms with Crippen molar-refractivity contribution in [2.24, 2.45) is 0 Å². The van der Waals surface area contributed by atoms with Crippen LogP contribution >= 0.6 is 11.3 Å². The first-order chi connectivity index (χ1) is 12.1. The van der Waals surface area contributed by atoms with E-state index in [2.05, 4.69) is 36.0 Å². The van der Waals surface area contributed by atoms with Crippen LogP contribution in [-0.2, 0) is 0 Å². The summed E-state index contributed by atoms with van der Waals surface area (Å²) in [4.78, 5) is 22.8. The smallest absolute Gasteiger partial charge is 0.256 e. The van der Waals surface area contributed by atoms with Gasteiger partial charge in [0.15, 0.2) is 0 Å². The average Bonchev–Trinajstić information content (AvgIpc) is 3.27. The number of aryl methyl sites for hydroxylation is 1. The summed E-state index contributed by atoms with van der Waals surface area (Å²) in [5, 5.41) is 8.97. The molecule has 1 aliphatic heterocycles. The highest BCUT2D eigenvalue weighted by molar-refractivity contribution is 7.15. The molecule has 5 nitrogen and oxygen atoms in total. The van der Waals surface area contributed by atoms with E-state index >= 15 is 0 Å². The van der Waals surface area contributed by atoms with E-state index in [4.69, 9.17) is 5.11 Å². The number of hydrogen-bond acceptors (Lipinski definition) is 4. The van der Waals surface area contributed by atoms with Gasteiger partial charge in [-0.2, -0.15) is 0 Å². The van der Waals surface area contributed by atoms with Gasteiger partial charge in [-0.1, -0.05) is 0 Å². The second kappa shape index (κ2) is 8.17. The molecule has 1 fully saturated rings. The fourth-order valence-corrected chi connectivity index (χ4v) is 4.40. The molecule has 2 aromatic heterocycles. The minimum absolute atomic E-state index is 0.124. The molecule has 25 heavy (non-hydrogen) atoms. The lowest BCUT2D eigenvalue weighted by molar-refractivity contribution is 0.0642. The third-order valence-electron chi connectivity index (χ3n) is 5.03. The number of H-pyrrole nitrogens is 1. The van der Waals surface area contributed by atoms with Gasteiger partial charge in [-0.25, -0.2) is 0 Å². The Bertz CT molecular complexity index is 701. The number of aromatic amines is 1. The van der Waals surface area contributed by atoms with Gasteiger partial charge in [-0.05, 0) is 45.4 Å². The van der Waals surface area contributed by atoms with Crippen LogP contribution in [0.1, 0.15) is 34.5 Å². The molecule has 1 aliphatic rings. The van der Waals surface area contributed by atoms with E-state index in [1.165, 1.54) is 4.88 Å². The number of likely N-dealkylation sites (tertiary alicyclic amines) is 1. The number of hydrogen-bond donors (Lipinski definition) is 2. The van der Waals surface area contributed by atoms with Crippen molar-refractivity contribution >= 4 is 17.2 Å². The SMILES string of the molecule is Cc1ccc(-c2c[nH]cc2C(=O)N2CCC(N(C)CCCO)CC2)s1. The van der Waals surface area contributed by atoms with Crippen molar-refractivity contribution in [3.8, 4) is 10.4 Å². The van der Waals surface area contributed by atoms with Crippen molar-refractivity contribution in [3.63, 3.8) is 0 Å². The summed E-state index contributed by atoms with van der Waals surface area (Å²) in [5.41, 5.74) is 1.78. The number of carbonyl (C=O) groups is 1. The number of aromatic nitrogens is 1. The Morgan fingerprint density at radius 2 is 2.12 bits per heavy atom. The Morgan fingerprint density at radius 1 is 1.36 bits per heavy atom. The predicted molar refractivity (Wildman–Crippen MR) is 102 cm³/mol. The van der Waals surface area contributed by atoms with Gasteiger partial charge in [-0.15, -0.1) is 11.3 Å². The maximum Gasteiger partial charge on any atom is 0.256 e. The largest absolute Gasteiger partial charge is 0.396 e. The molecule has 3 rings (SSSR count). The number of thiophene rings is 1. The molecule has 0 spiro atoms. The van der Waals surface area contributed by atoms with E-state index < -0.39 is 0 Å². The highest BCUT2D eigenvalue weighted by Crippen LogP contribution is 2.31. The molecule has 0 saturated carbocycles. The molecule has 0 atom stereocenters. The van der Waals surface area contributed by atoms with Crippen LogP contribution in [0.4, 0.5) is 0 Å². The minimum Gasteiger partial charge on any atom is -0.396 e. The van der Waals surface area contributed by atoms with Crippen molar-refractivity contribution in [2.45, 2.75) is 32.2 Å². The van der Waals surface area contributed by atoms with Crippen molar-refractivity contribution in [2.75, 3.05) is 33.3 Å². The third kappa shape index (κ3) is 4.14. The Morgan fingerprint density at radius 3 is 2.76 bits per heavy atom. The fraction of sp³-hybridized carbons (Fsp3) is 0.526. The second-order valence-electron chi connectivity index (χ2n) is 6.77. The lowest BCUT2D eigenvalue weighted by Gasteiger charge is -2.36. The number of nitrogens with zero attached hydrogens (tertiary/aromatic N) is 2. The zero-order valence-electron chi connectivity index (χ0n) is 15.0. The number of amides is 1. The number of carbonyl (C=O) groups excluding carboxylic acids is 1. The predicted octanol–water partition coefficient (Wildman–Crippen LogP) is 2.97. The van der Waals surface area contributed by atoms with Crippen molar-refractivity contribution in [3.05, 3.63) is 35.0 Å². The normalized spacial score (nSPS) is 15.9. The third-order valence-corrected chi connectivity index (χ3v) is 6.06. The van der Waals surface area contributed by atoms with Crippen molar-refractivity contribution < 1.29 is 9.90 Å². The maximum atomic E-state index is 13.0. The van der Waals surface area contributed by atoms with Crippen LogP contribution in [0.3, 0.4) is 0 Å². The molecule has 6 heteroatoms. The van der Waals surface area contributed by atoms with E-state index in [0.29, 0.717) is 6.04 Å². The van der Waals surface area contributed by atoms with E-state index in [-0.39, 0.29) is 12.5 Å². The molecule has 2 N–H and O–H groups in total. The molecule has 1 saturated heterocycles. The van der Waals surface area contributed by atoms with E-state index in [0.717, 1.165) is 54.9 Å². The maximum absolute atomic E-state index is 13.0. The molecule has 0 bridgehead atoms. The summed E-state index contributed by atoms with van der Waals surface area (Å²) in [5.74, 6) is 0.124. The van der Waals surface area contributed by atoms with Crippen LogP contribution in [-0.4, -0.2) is 65.1 Å². The minimum atomic E-state index is 0.124. The molecule has 1 amide bonds. The van der Waals surface area contributed by atoms with Gasteiger partial charge >= 0.3 is 0 Å². The summed E-state index contributed by atoms with van der Waals surface area (Å²) in [6.07, 6.45) is 6.54. The summed E-state index contributed by atoms with van der Waals surface area (Å²) < 4.78 is 0. The summed E-state index contributed by atoms with van der Waals surface area (Å²) in [6, 6.07) is 4.68. The highest BCUT2D eigenvalue weighted by atomic mass is 32.1. The van der Waals surface area contributed by atoms with Gasteiger partial charge < -0.3 is 19.9 Å². The molecule has 0 aliphatic carbocycles. The molecular weight excluding hydrogens is 334 g/mol. The van der Waals surface area contributed by atoms with Gasteiger partial charge in [0, 0.05) is 60.0 Å². The Balaban J connectivity index is 1.63. The lowest BCUT2D eigenvalue weighted by atomic mass is 10.0. The van der Waals surface area contributed by atoms with Crippen LogP contribution in [0.25, 0.3) is 10.4 Å². The molecular formula is C19H27N3O2S. The Labute approximate surface area is 153 Å². The van der Waals surface area contributed by atoms with Gasteiger partial charge in [0.1, 0.15) is 0 Å². The molecule has 2 aromatic rings. The standard InChI is InChI=1S/C19H27N3O2S/c1-14-4-5-18(25-14)16-12-20-13-17(16)19(24)22-9-6-15(7-10-22)21(2)8-3-11-23/h4-5,12-13,15,20,23H,3,6-11H2,1-2H3. The number of aliphatic hydroxyl groups is 1. The van der Waals surface area contributed by atoms with Gasteiger partial charge in [-0.3, -0.25) is 4.79 Å². The van der Waals surface area contributed by atoms with E-state index in [1.54, 1.807) is 11.3 Å². The van der Waals surface area contributed by atoms with E-state index in [9.17, 15) is 4.79 Å². The first kappa shape index (κ1) is 18.2. The Hall–Kier alpha value is -1.63. The summed E-state index contributed by atoms with van der Waals surface area (Å²) >= 11 is 1.72. The monoisotopic (exact) mass is 361 g/mol. The molecule has 136 valence electrons. The first-order valence-electron chi connectivity index (χ1n) is 8.94. The second-order valence-corrected chi connectivity index (χ2v) is 8.06. The van der Waals surface area contributed by atoms with Crippen LogP contribution < -0.4 is 0 Å². The Kier molecular flexibility index (Phi) is 5.93. The molecule has 0 aromatic carbocycles. The van der Waals surface area contributed by atoms with Crippen LogP contribution in [0.15, 0.2) is 24.5 Å². The van der Waals surface area contributed by atoms with Crippen LogP contribution in [0.2, 0.25) is 0 Å². The average molecular weight is 362 g/mol. The topological polar surface area (TPSA) is 59.6 Å². The van der Waals surface area contributed by atoms with Gasteiger partial charge in [0.25, 0.3) is 5.91 Å². The van der Waals surface area contributed by atoms with Crippen LogP contribution in [0, 0.1) is 6.92 Å². The zero-order valence-corrected chi connectivity index (χ0v) is 15.8. The van der Waals surface area contributed by atoms with E-state index in [1.807, 2.05) is 17.3 Å².